The average molecular weight is 396 g/mol. The van der Waals surface area contributed by atoms with Gasteiger partial charge in [0.2, 0.25) is 0 Å². The van der Waals surface area contributed by atoms with E-state index in [0.29, 0.717) is 11.5 Å². The monoisotopic (exact) mass is 398 g/mol. The Labute approximate surface area is 130 Å². The van der Waals surface area contributed by atoms with E-state index in [1.165, 1.54) is 0 Å². The van der Waals surface area contributed by atoms with Crippen LogP contribution in [0.2, 0.25) is 11.6 Å². The second-order valence-electron chi connectivity index (χ2n) is 4.59. The van der Waals surface area contributed by atoms with Crippen LogP contribution in [0.25, 0.3) is 21.5 Å². The summed E-state index contributed by atoms with van der Waals surface area (Å²) in [5.41, 5.74) is 0. The molecule has 2 N–H and O–H groups in total. The number of fused-ring (bicyclic) bond motifs is 2. The molecule has 102 valence electrons. The van der Waals surface area contributed by atoms with Crippen LogP contribution in [0.15, 0.2) is 36.4 Å². The van der Waals surface area contributed by atoms with E-state index in [9.17, 15) is 10.2 Å². The van der Waals surface area contributed by atoms with Gasteiger partial charge >= 0.3 is 130 Å². The number of hydrogen-bond acceptors (Lipinski definition) is 2. The van der Waals surface area contributed by atoms with Crippen molar-refractivity contribution in [2.24, 2.45) is 0 Å². The second-order valence-corrected chi connectivity index (χ2v) is 8.15. The Morgan fingerprint density at radius 3 is 1.30 bits per heavy atom. The number of benzene rings is 3. The molecule has 0 aliphatic carbocycles. The van der Waals surface area contributed by atoms with Crippen molar-refractivity contribution in [3.8, 4) is 11.5 Å². The van der Waals surface area contributed by atoms with Crippen molar-refractivity contribution < 1.29 is 10.2 Å². The van der Waals surface area contributed by atoms with E-state index < -0.39 is 0 Å². The van der Waals surface area contributed by atoms with E-state index in [-0.39, 0.29) is 29.9 Å². The predicted molar refractivity (Wildman–Crippen MR) is 87.3 cm³/mol. The first-order valence-corrected chi connectivity index (χ1v) is 11.3. The topological polar surface area (TPSA) is 40.5 Å². The van der Waals surface area contributed by atoms with Crippen molar-refractivity contribution in [1.29, 1.82) is 0 Å². The number of rotatable bonds is 2. The molecule has 0 fully saturated rings. The summed E-state index contributed by atoms with van der Waals surface area (Å²) in [6.07, 6.45) is 0. The van der Waals surface area contributed by atoms with Crippen LogP contribution >= 0.6 is 0 Å². The summed E-state index contributed by atoms with van der Waals surface area (Å²) in [5, 5.41) is 24.3. The Morgan fingerprint density at radius 2 is 0.950 bits per heavy atom. The SMILES string of the molecule is C[Se]c1cc2cc3cc(O)c([Se]C)cc3cc2cc1O. The van der Waals surface area contributed by atoms with Gasteiger partial charge in [0.15, 0.2) is 0 Å². The summed E-state index contributed by atoms with van der Waals surface area (Å²) in [6, 6.07) is 12.0. The number of phenols is 2. The van der Waals surface area contributed by atoms with Crippen molar-refractivity contribution >= 4 is 60.4 Å². The molecule has 3 aromatic carbocycles. The minimum absolute atomic E-state index is 0.268. The molecule has 3 aromatic rings. The predicted octanol–water partition coefficient (Wildman–Crippen LogP) is 2.16. The summed E-state index contributed by atoms with van der Waals surface area (Å²) >= 11 is 0.536. The molecular formula is C16H14O2Se2. The molecule has 0 unspecified atom stereocenters. The third-order valence-corrected chi connectivity index (χ3v) is 6.61. The Bertz CT molecular complexity index is 743. The van der Waals surface area contributed by atoms with Gasteiger partial charge in [0, 0.05) is 0 Å². The molecule has 0 aliphatic heterocycles. The molecule has 0 heterocycles. The molecule has 0 aromatic heterocycles. The van der Waals surface area contributed by atoms with Crippen LogP contribution in [-0.4, -0.2) is 40.1 Å². The van der Waals surface area contributed by atoms with Crippen molar-refractivity contribution in [3.63, 3.8) is 0 Å². The summed E-state index contributed by atoms with van der Waals surface area (Å²) in [4.78, 5) is 0. The first kappa shape index (κ1) is 13.8. The zero-order chi connectivity index (χ0) is 14.3. The van der Waals surface area contributed by atoms with Crippen LogP contribution in [0.3, 0.4) is 0 Å². The number of hydrogen-bond donors (Lipinski definition) is 2. The van der Waals surface area contributed by atoms with E-state index >= 15 is 0 Å². The van der Waals surface area contributed by atoms with Gasteiger partial charge in [-0.1, -0.05) is 0 Å². The summed E-state index contributed by atoms with van der Waals surface area (Å²) in [5.74, 6) is 4.96. The molecule has 0 spiro atoms. The van der Waals surface area contributed by atoms with Crippen LogP contribution in [0, 0.1) is 0 Å². The van der Waals surface area contributed by atoms with Crippen molar-refractivity contribution in [2.75, 3.05) is 0 Å². The Morgan fingerprint density at radius 1 is 0.600 bits per heavy atom. The van der Waals surface area contributed by atoms with Crippen molar-refractivity contribution in [1.82, 2.24) is 0 Å². The van der Waals surface area contributed by atoms with E-state index in [1.54, 1.807) is 0 Å². The standard InChI is InChI=1S/C16H14O2Se2/c1-19-15-7-11-3-10-6-14(18)16(20-2)8-12(10)4-9(11)5-13(15)17/h3-8,17-18H,1-2H3. The number of phenolic OH excluding ortho intramolecular Hbond substituents is 2. The van der Waals surface area contributed by atoms with Gasteiger partial charge in [-0.2, -0.15) is 0 Å². The molecule has 0 saturated carbocycles. The Kier molecular flexibility index (Phi) is 3.66. The summed E-state index contributed by atoms with van der Waals surface area (Å²) in [7, 11) is 0. The van der Waals surface area contributed by atoms with E-state index in [0.717, 1.165) is 30.5 Å². The van der Waals surface area contributed by atoms with Gasteiger partial charge in [-0.15, -0.1) is 0 Å². The normalized spacial score (nSPS) is 11.3. The molecule has 20 heavy (non-hydrogen) atoms. The molecule has 0 saturated heterocycles. The van der Waals surface area contributed by atoms with Gasteiger partial charge in [0.05, 0.1) is 0 Å². The molecule has 0 bridgehead atoms. The molecule has 0 atom stereocenters. The van der Waals surface area contributed by atoms with Gasteiger partial charge in [-0.3, -0.25) is 0 Å². The third kappa shape index (κ3) is 2.30. The summed E-state index contributed by atoms with van der Waals surface area (Å²) < 4.78 is 2.03. The minimum atomic E-state index is 0.268. The fourth-order valence-electron chi connectivity index (χ4n) is 2.36. The average Bonchev–Trinajstić information content (AvgIpc) is 2.44. The maximum atomic E-state index is 10.0. The Balaban J connectivity index is 2.34. The van der Waals surface area contributed by atoms with Crippen LogP contribution in [0.5, 0.6) is 11.5 Å². The molecule has 0 radical (unpaired) electrons. The van der Waals surface area contributed by atoms with Gasteiger partial charge in [0.1, 0.15) is 0 Å². The molecule has 3 rings (SSSR count). The van der Waals surface area contributed by atoms with Crippen LogP contribution in [0.1, 0.15) is 0 Å². The zero-order valence-corrected chi connectivity index (χ0v) is 14.6. The van der Waals surface area contributed by atoms with Gasteiger partial charge in [0.25, 0.3) is 0 Å². The van der Waals surface area contributed by atoms with E-state index in [4.69, 9.17) is 0 Å². The quantitative estimate of drug-likeness (QED) is 0.515. The van der Waals surface area contributed by atoms with Crippen LogP contribution in [0.4, 0.5) is 0 Å². The van der Waals surface area contributed by atoms with Crippen molar-refractivity contribution in [3.05, 3.63) is 36.4 Å². The van der Waals surface area contributed by atoms with E-state index in [1.807, 2.05) is 12.1 Å². The second kappa shape index (κ2) is 5.31. The van der Waals surface area contributed by atoms with Gasteiger partial charge in [-0.25, -0.2) is 0 Å². The first-order valence-electron chi connectivity index (χ1n) is 6.14. The molecule has 4 heteroatoms. The van der Waals surface area contributed by atoms with Gasteiger partial charge in [-0.05, 0) is 0 Å². The molecule has 0 aliphatic rings. The molecule has 2 nitrogen and oxygen atoms in total. The van der Waals surface area contributed by atoms with Crippen molar-refractivity contribution in [2.45, 2.75) is 11.6 Å². The maximum absolute atomic E-state index is 10.0. The summed E-state index contributed by atoms with van der Waals surface area (Å²) in [6.45, 7) is 0. The van der Waals surface area contributed by atoms with Crippen LogP contribution in [-0.2, 0) is 0 Å². The molecular weight excluding hydrogens is 382 g/mol. The Hall–Kier alpha value is -1.18. The third-order valence-electron chi connectivity index (χ3n) is 3.39. The first-order chi connectivity index (χ1) is 9.62. The zero-order valence-electron chi connectivity index (χ0n) is 11.2. The molecule has 0 amide bonds. The number of aromatic hydroxyl groups is 2. The van der Waals surface area contributed by atoms with Gasteiger partial charge < -0.3 is 0 Å². The van der Waals surface area contributed by atoms with Crippen LogP contribution < -0.4 is 8.92 Å². The fraction of sp³-hybridized carbons (Fsp3) is 0.125. The fourth-order valence-corrected chi connectivity index (χ4v) is 4.51. The van der Waals surface area contributed by atoms with E-state index in [2.05, 4.69) is 35.9 Å².